The Morgan fingerprint density at radius 1 is 1.23 bits per heavy atom. The number of hydrogen-bond acceptors (Lipinski definition) is 6. The number of carbonyl (C=O) groups is 1. The van der Waals surface area contributed by atoms with E-state index in [4.69, 9.17) is 9.47 Å². The van der Waals surface area contributed by atoms with Crippen molar-refractivity contribution < 1.29 is 14.3 Å². The topological polar surface area (TPSA) is 82.5 Å². The van der Waals surface area contributed by atoms with Gasteiger partial charge in [0.2, 0.25) is 5.91 Å². The van der Waals surface area contributed by atoms with Gasteiger partial charge in [-0.25, -0.2) is 4.98 Å². The first-order valence-electron chi connectivity index (χ1n) is 8.33. The SMILES string of the molecule is O=C(CCn1cnc2sccc2c1=O)Nc1ccc2c(c1)OCCCO2. The van der Waals surface area contributed by atoms with Gasteiger partial charge in [0.25, 0.3) is 5.56 Å². The Labute approximate surface area is 153 Å². The number of aromatic nitrogens is 2. The summed E-state index contributed by atoms with van der Waals surface area (Å²) in [6.07, 6.45) is 2.49. The van der Waals surface area contributed by atoms with E-state index in [1.807, 2.05) is 5.38 Å². The molecule has 0 bridgehead atoms. The van der Waals surface area contributed by atoms with Gasteiger partial charge in [0.1, 0.15) is 4.83 Å². The number of anilines is 1. The number of benzene rings is 1. The van der Waals surface area contributed by atoms with Crippen LogP contribution in [-0.4, -0.2) is 28.7 Å². The quantitative estimate of drug-likeness (QED) is 0.762. The Morgan fingerprint density at radius 3 is 2.96 bits per heavy atom. The molecule has 1 aromatic carbocycles. The minimum atomic E-state index is -0.184. The van der Waals surface area contributed by atoms with Crippen LogP contribution < -0.4 is 20.3 Å². The molecule has 1 N–H and O–H groups in total. The first kappa shape index (κ1) is 16.6. The minimum Gasteiger partial charge on any atom is -0.490 e. The Hall–Kier alpha value is -2.87. The molecule has 0 unspecified atom stereocenters. The van der Waals surface area contributed by atoms with Gasteiger partial charge >= 0.3 is 0 Å². The van der Waals surface area contributed by atoms with Gasteiger partial charge < -0.3 is 14.8 Å². The normalized spacial score (nSPS) is 13.4. The van der Waals surface area contributed by atoms with Crippen molar-refractivity contribution in [2.24, 2.45) is 0 Å². The molecule has 8 heteroatoms. The van der Waals surface area contributed by atoms with Crippen LogP contribution >= 0.6 is 11.3 Å². The monoisotopic (exact) mass is 371 g/mol. The molecule has 0 saturated heterocycles. The van der Waals surface area contributed by atoms with Crippen molar-refractivity contribution >= 4 is 33.1 Å². The third-order valence-electron chi connectivity index (χ3n) is 4.06. The van der Waals surface area contributed by atoms with Gasteiger partial charge in [0.05, 0.1) is 24.9 Å². The lowest BCUT2D eigenvalue weighted by Gasteiger charge is -2.11. The maximum Gasteiger partial charge on any atom is 0.262 e. The average molecular weight is 371 g/mol. The van der Waals surface area contributed by atoms with Crippen LogP contribution in [0.25, 0.3) is 10.2 Å². The number of amides is 1. The zero-order valence-electron chi connectivity index (χ0n) is 13.9. The largest absolute Gasteiger partial charge is 0.490 e. The molecule has 0 atom stereocenters. The molecule has 0 aliphatic carbocycles. The third kappa shape index (κ3) is 3.41. The fourth-order valence-electron chi connectivity index (χ4n) is 2.74. The number of ether oxygens (including phenoxy) is 2. The minimum absolute atomic E-state index is 0.125. The fraction of sp³-hybridized carbons (Fsp3) is 0.278. The van der Waals surface area contributed by atoms with Crippen LogP contribution in [0, 0.1) is 0 Å². The molecule has 1 aliphatic rings. The molecule has 1 aliphatic heterocycles. The number of nitrogens with one attached hydrogen (secondary N) is 1. The van der Waals surface area contributed by atoms with Crippen molar-refractivity contribution in [2.45, 2.75) is 19.4 Å². The van der Waals surface area contributed by atoms with Crippen molar-refractivity contribution in [3.05, 3.63) is 46.3 Å². The lowest BCUT2D eigenvalue weighted by Crippen LogP contribution is -2.23. The molecule has 0 saturated carbocycles. The number of rotatable bonds is 4. The lowest BCUT2D eigenvalue weighted by atomic mass is 10.2. The number of hydrogen-bond donors (Lipinski definition) is 1. The first-order valence-corrected chi connectivity index (χ1v) is 9.21. The number of fused-ring (bicyclic) bond motifs is 2. The van der Waals surface area contributed by atoms with E-state index in [9.17, 15) is 9.59 Å². The van der Waals surface area contributed by atoms with Crippen molar-refractivity contribution in [2.75, 3.05) is 18.5 Å². The highest BCUT2D eigenvalue weighted by Gasteiger charge is 2.12. The van der Waals surface area contributed by atoms with Crippen LogP contribution in [0.5, 0.6) is 11.5 Å². The van der Waals surface area contributed by atoms with E-state index >= 15 is 0 Å². The molecule has 3 aromatic rings. The number of thiophene rings is 1. The second-order valence-corrected chi connectivity index (χ2v) is 6.79. The van der Waals surface area contributed by atoms with Gasteiger partial charge in [-0.3, -0.25) is 14.2 Å². The molecule has 0 radical (unpaired) electrons. The summed E-state index contributed by atoms with van der Waals surface area (Å²) < 4.78 is 12.7. The third-order valence-corrected chi connectivity index (χ3v) is 4.88. The van der Waals surface area contributed by atoms with Crippen LogP contribution in [0.1, 0.15) is 12.8 Å². The van der Waals surface area contributed by atoms with E-state index < -0.39 is 0 Å². The summed E-state index contributed by atoms with van der Waals surface area (Å²) >= 11 is 1.42. The molecule has 3 heterocycles. The standard InChI is InChI=1S/C18H17N3O4S/c22-16(4-6-21-11-19-17-13(18(21)23)5-9-26-17)20-12-2-3-14-15(10-12)25-8-1-7-24-14/h2-3,5,9-11H,1,4,6-8H2,(H,20,22). The van der Waals surface area contributed by atoms with E-state index in [1.165, 1.54) is 22.2 Å². The molecule has 1 amide bonds. The van der Waals surface area contributed by atoms with Crippen LogP contribution in [0.3, 0.4) is 0 Å². The molecular formula is C18H17N3O4S. The van der Waals surface area contributed by atoms with Gasteiger partial charge in [0.15, 0.2) is 11.5 Å². The van der Waals surface area contributed by atoms with Gasteiger partial charge in [0, 0.05) is 31.1 Å². The number of carbonyl (C=O) groups excluding carboxylic acids is 1. The zero-order chi connectivity index (χ0) is 17.9. The van der Waals surface area contributed by atoms with Crippen LogP contribution in [0.4, 0.5) is 5.69 Å². The summed E-state index contributed by atoms with van der Waals surface area (Å²) in [5.41, 5.74) is 0.512. The Bertz CT molecular complexity index is 1010. The fourth-order valence-corrected chi connectivity index (χ4v) is 3.46. The number of nitrogens with zero attached hydrogens (tertiary/aromatic N) is 2. The molecule has 2 aromatic heterocycles. The highest BCUT2D eigenvalue weighted by Crippen LogP contribution is 2.32. The summed E-state index contributed by atoms with van der Waals surface area (Å²) in [6.45, 7) is 1.48. The lowest BCUT2D eigenvalue weighted by molar-refractivity contribution is -0.116. The molecule has 0 fully saturated rings. The molecule has 0 spiro atoms. The molecule has 134 valence electrons. The maximum absolute atomic E-state index is 12.3. The predicted molar refractivity (Wildman–Crippen MR) is 99.2 cm³/mol. The summed E-state index contributed by atoms with van der Waals surface area (Å²) in [5, 5.41) is 5.24. The average Bonchev–Trinajstić information content (AvgIpc) is 3.00. The maximum atomic E-state index is 12.3. The Balaban J connectivity index is 1.41. The molecule has 7 nitrogen and oxygen atoms in total. The Kier molecular flexibility index (Phi) is 4.57. The predicted octanol–water partition coefficient (Wildman–Crippen LogP) is 2.65. The van der Waals surface area contributed by atoms with Gasteiger partial charge in [-0.1, -0.05) is 0 Å². The van der Waals surface area contributed by atoms with E-state index in [0.717, 1.165) is 6.42 Å². The summed E-state index contributed by atoms with van der Waals surface area (Å²) in [6, 6.07) is 7.07. The van der Waals surface area contributed by atoms with Gasteiger partial charge in [-0.15, -0.1) is 11.3 Å². The van der Waals surface area contributed by atoms with Gasteiger partial charge in [-0.05, 0) is 23.6 Å². The van der Waals surface area contributed by atoms with Crippen LogP contribution in [0.15, 0.2) is 40.8 Å². The summed E-state index contributed by atoms with van der Waals surface area (Å²) in [5.74, 6) is 1.13. The van der Waals surface area contributed by atoms with Crippen molar-refractivity contribution in [1.29, 1.82) is 0 Å². The van der Waals surface area contributed by atoms with E-state index in [-0.39, 0.29) is 24.4 Å². The highest BCUT2D eigenvalue weighted by atomic mass is 32.1. The van der Waals surface area contributed by atoms with Crippen molar-refractivity contribution in [3.8, 4) is 11.5 Å². The van der Waals surface area contributed by atoms with Crippen LogP contribution in [-0.2, 0) is 11.3 Å². The first-order chi connectivity index (χ1) is 12.7. The molecule has 26 heavy (non-hydrogen) atoms. The highest BCUT2D eigenvalue weighted by molar-refractivity contribution is 7.16. The van der Waals surface area contributed by atoms with Gasteiger partial charge in [-0.2, -0.15) is 0 Å². The second kappa shape index (κ2) is 7.17. The van der Waals surface area contributed by atoms with E-state index in [2.05, 4.69) is 10.3 Å². The van der Waals surface area contributed by atoms with E-state index in [0.29, 0.717) is 40.6 Å². The smallest absolute Gasteiger partial charge is 0.262 e. The van der Waals surface area contributed by atoms with Crippen molar-refractivity contribution in [3.63, 3.8) is 0 Å². The molecule has 4 rings (SSSR count). The second-order valence-electron chi connectivity index (χ2n) is 5.89. The Morgan fingerprint density at radius 2 is 2.08 bits per heavy atom. The van der Waals surface area contributed by atoms with Crippen LogP contribution in [0.2, 0.25) is 0 Å². The summed E-state index contributed by atoms with van der Waals surface area (Å²) in [4.78, 5) is 29.5. The van der Waals surface area contributed by atoms with Crippen molar-refractivity contribution in [1.82, 2.24) is 9.55 Å². The summed E-state index contributed by atoms with van der Waals surface area (Å²) in [7, 11) is 0. The zero-order valence-corrected chi connectivity index (χ0v) is 14.8. The molecular weight excluding hydrogens is 354 g/mol. The number of aryl methyl sites for hydroxylation is 1. The van der Waals surface area contributed by atoms with E-state index in [1.54, 1.807) is 24.3 Å².